The number of amides is 1. The molecule has 96 valence electrons. The maximum Gasteiger partial charge on any atom is 0.284 e. The van der Waals surface area contributed by atoms with E-state index in [4.69, 9.17) is 5.73 Å². The highest BCUT2D eigenvalue weighted by molar-refractivity contribution is 7.16. The van der Waals surface area contributed by atoms with Crippen molar-refractivity contribution in [2.45, 2.75) is 39.5 Å². The minimum Gasteiger partial charge on any atom is -0.374 e. The van der Waals surface area contributed by atoms with Crippen molar-refractivity contribution in [2.24, 2.45) is 0 Å². The Morgan fingerprint density at radius 1 is 1.24 bits per heavy atom. The van der Waals surface area contributed by atoms with E-state index in [2.05, 4.69) is 24.0 Å². The van der Waals surface area contributed by atoms with Crippen LogP contribution in [0.25, 0.3) is 0 Å². The summed E-state index contributed by atoms with van der Waals surface area (Å²) in [6, 6.07) is 0. The Morgan fingerprint density at radius 2 is 1.82 bits per heavy atom. The molecule has 0 fully saturated rings. The number of rotatable bonds is 7. The molecule has 6 heteroatoms. The van der Waals surface area contributed by atoms with Crippen LogP contribution in [0.4, 0.5) is 5.13 Å². The minimum absolute atomic E-state index is 0.0406. The number of nitrogens with zero attached hydrogens (tertiary/aromatic N) is 3. The van der Waals surface area contributed by atoms with Crippen molar-refractivity contribution in [2.75, 3.05) is 18.8 Å². The first-order valence-corrected chi connectivity index (χ1v) is 6.89. The first kappa shape index (κ1) is 13.9. The Kier molecular flexibility index (Phi) is 5.90. The number of carbonyl (C=O) groups is 1. The average Bonchev–Trinajstić information content (AvgIpc) is 2.75. The highest BCUT2D eigenvalue weighted by atomic mass is 32.1. The van der Waals surface area contributed by atoms with Crippen molar-refractivity contribution in [3.8, 4) is 0 Å². The summed E-state index contributed by atoms with van der Waals surface area (Å²) in [6.45, 7) is 5.81. The molecule has 0 aliphatic rings. The molecule has 1 amide bonds. The molecule has 1 aromatic heterocycles. The van der Waals surface area contributed by atoms with Crippen LogP contribution in [0.3, 0.4) is 0 Å². The summed E-state index contributed by atoms with van der Waals surface area (Å²) in [7, 11) is 0. The molecule has 17 heavy (non-hydrogen) atoms. The number of nitrogen functional groups attached to an aromatic ring is 1. The molecule has 0 bridgehead atoms. The highest BCUT2D eigenvalue weighted by Gasteiger charge is 2.18. The van der Waals surface area contributed by atoms with Crippen LogP contribution in [0, 0.1) is 0 Å². The lowest BCUT2D eigenvalue weighted by molar-refractivity contribution is 0.0750. The quantitative estimate of drug-likeness (QED) is 0.811. The predicted octanol–water partition coefficient (Wildman–Crippen LogP) is 2.16. The molecule has 0 atom stereocenters. The standard InChI is InChI=1S/C11H20N4OS/c1-3-5-7-15(8-6-4-2)10(16)9-13-14-11(12)17-9/h3-8H2,1-2H3,(H2,12,14). The van der Waals surface area contributed by atoms with Gasteiger partial charge in [-0.25, -0.2) is 0 Å². The number of unbranched alkanes of at least 4 members (excludes halogenated alkanes) is 2. The SMILES string of the molecule is CCCCN(CCCC)C(=O)c1nnc(N)s1. The summed E-state index contributed by atoms with van der Waals surface area (Å²) >= 11 is 1.16. The third-order valence-corrected chi connectivity index (χ3v) is 3.21. The van der Waals surface area contributed by atoms with Crippen LogP contribution in [0.5, 0.6) is 0 Å². The molecule has 5 nitrogen and oxygen atoms in total. The van der Waals surface area contributed by atoms with Crippen LogP contribution in [-0.4, -0.2) is 34.1 Å². The lowest BCUT2D eigenvalue weighted by Gasteiger charge is -2.20. The summed E-state index contributed by atoms with van der Waals surface area (Å²) in [5, 5.41) is 8.23. The maximum atomic E-state index is 12.1. The van der Waals surface area contributed by atoms with Crippen molar-refractivity contribution in [1.29, 1.82) is 0 Å². The number of hydrogen-bond donors (Lipinski definition) is 1. The van der Waals surface area contributed by atoms with Gasteiger partial charge in [0.25, 0.3) is 5.91 Å². The monoisotopic (exact) mass is 256 g/mol. The Hall–Kier alpha value is -1.17. The first-order chi connectivity index (χ1) is 8.19. The first-order valence-electron chi connectivity index (χ1n) is 6.07. The summed E-state index contributed by atoms with van der Waals surface area (Å²) in [6.07, 6.45) is 4.19. The van der Waals surface area contributed by atoms with E-state index in [0.717, 1.165) is 50.1 Å². The Morgan fingerprint density at radius 3 is 2.24 bits per heavy atom. The lowest BCUT2D eigenvalue weighted by Crippen LogP contribution is -2.32. The summed E-state index contributed by atoms with van der Waals surface area (Å²) in [5.74, 6) is -0.0406. The zero-order chi connectivity index (χ0) is 12.7. The molecule has 1 rings (SSSR count). The van der Waals surface area contributed by atoms with Crippen molar-refractivity contribution >= 4 is 22.4 Å². The molecule has 0 aromatic carbocycles. The van der Waals surface area contributed by atoms with Crippen LogP contribution in [-0.2, 0) is 0 Å². The van der Waals surface area contributed by atoms with E-state index in [1.54, 1.807) is 0 Å². The molecule has 0 radical (unpaired) electrons. The Bertz CT molecular complexity index is 345. The van der Waals surface area contributed by atoms with E-state index in [0.29, 0.717) is 10.1 Å². The highest BCUT2D eigenvalue weighted by Crippen LogP contribution is 2.14. The van der Waals surface area contributed by atoms with Gasteiger partial charge in [0.1, 0.15) is 0 Å². The summed E-state index contributed by atoms with van der Waals surface area (Å²) in [4.78, 5) is 14.0. The number of carbonyl (C=O) groups excluding carboxylic acids is 1. The smallest absolute Gasteiger partial charge is 0.284 e. The van der Waals surface area contributed by atoms with Gasteiger partial charge in [-0.05, 0) is 12.8 Å². The maximum absolute atomic E-state index is 12.1. The predicted molar refractivity (Wildman–Crippen MR) is 70.0 cm³/mol. The fourth-order valence-electron chi connectivity index (χ4n) is 1.47. The second-order valence-corrected chi connectivity index (χ2v) is 4.95. The summed E-state index contributed by atoms with van der Waals surface area (Å²) < 4.78 is 0. The Balaban J connectivity index is 2.64. The van der Waals surface area contributed by atoms with Crippen LogP contribution in [0.1, 0.15) is 49.3 Å². The van der Waals surface area contributed by atoms with E-state index in [-0.39, 0.29) is 5.91 Å². The molecule has 0 aliphatic heterocycles. The number of hydrogen-bond acceptors (Lipinski definition) is 5. The summed E-state index contributed by atoms with van der Waals surface area (Å²) in [5.41, 5.74) is 5.49. The van der Waals surface area contributed by atoms with Gasteiger partial charge in [0.05, 0.1) is 0 Å². The van der Waals surface area contributed by atoms with Crippen molar-refractivity contribution in [3.63, 3.8) is 0 Å². The van der Waals surface area contributed by atoms with Gasteiger partial charge in [-0.2, -0.15) is 0 Å². The molecule has 0 saturated carbocycles. The van der Waals surface area contributed by atoms with Gasteiger partial charge in [-0.1, -0.05) is 38.0 Å². The average molecular weight is 256 g/mol. The van der Waals surface area contributed by atoms with Crippen molar-refractivity contribution in [3.05, 3.63) is 5.01 Å². The molecule has 0 aliphatic carbocycles. The largest absolute Gasteiger partial charge is 0.374 e. The van der Waals surface area contributed by atoms with E-state index >= 15 is 0 Å². The molecule has 1 aromatic rings. The van der Waals surface area contributed by atoms with E-state index in [1.165, 1.54) is 0 Å². The van der Waals surface area contributed by atoms with Gasteiger partial charge in [0.15, 0.2) is 0 Å². The number of aromatic nitrogens is 2. The number of nitrogens with two attached hydrogens (primary N) is 1. The van der Waals surface area contributed by atoms with Gasteiger partial charge in [0, 0.05) is 13.1 Å². The van der Waals surface area contributed by atoms with E-state index in [9.17, 15) is 4.79 Å². The normalized spacial score (nSPS) is 10.5. The third-order valence-electron chi connectivity index (χ3n) is 2.47. The molecule has 2 N–H and O–H groups in total. The molecule has 0 saturated heterocycles. The van der Waals surface area contributed by atoms with Crippen molar-refractivity contribution < 1.29 is 4.79 Å². The fourth-order valence-corrected chi connectivity index (χ4v) is 2.05. The van der Waals surface area contributed by atoms with Gasteiger partial charge in [-0.15, -0.1) is 10.2 Å². The van der Waals surface area contributed by atoms with Gasteiger partial charge >= 0.3 is 0 Å². The van der Waals surface area contributed by atoms with Gasteiger partial charge < -0.3 is 10.6 Å². The lowest BCUT2D eigenvalue weighted by atomic mass is 10.2. The van der Waals surface area contributed by atoms with E-state index < -0.39 is 0 Å². The molecule has 1 heterocycles. The van der Waals surface area contributed by atoms with Gasteiger partial charge in [0.2, 0.25) is 10.1 Å². The zero-order valence-electron chi connectivity index (χ0n) is 10.5. The van der Waals surface area contributed by atoms with Crippen LogP contribution >= 0.6 is 11.3 Å². The fraction of sp³-hybridized carbons (Fsp3) is 0.727. The van der Waals surface area contributed by atoms with Crippen LogP contribution < -0.4 is 5.73 Å². The van der Waals surface area contributed by atoms with Crippen molar-refractivity contribution in [1.82, 2.24) is 15.1 Å². The third kappa shape index (κ3) is 4.30. The van der Waals surface area contributed by atoms with Crippen LogP contribution in [0.2, 0.25) is 0 Å². The Labute approximate surface area is 106 Å². The molecule has 0 unspecified atom stereocenters. The van der Waals surface area contributed by atoms with Gasteiger partial charge in [-0.3, -0.25) is 4.79 Å². The molecule has 0 spiro atoms. The number of anilines is 1. The topological polar surface area (TPSA) is 72.1 Å². The molecular formula is C11H20N4OS. The second-order valence-electron chi connectivity index (χ2n) is 3.94. The van der Waals surface area contributed by atoms with E-state index in [1.807, 2.05) is 4.90 Å². The second kappa shape index (κ2) is 7.21. The minimum atomic E-state index is -0.0406. The van der Waals surface area contributed by atoms with Crippen LogP contribution in [0.15, 0.2) is 0 Å². The zero-order valence-corrected chi connectivity index (χ0v) is 11.3. The molecular weight excluding hydrogens is 236 g/mol.